The molecule has 3 rings (SSSR count). The van der Waals surface area contributed by atoms with Gasteiger partial charge in [-0.2, -0.15) is 0 Å². The monoisotopic (exact) mass is 222 g/mol. The van der Waals surface area contributed by atoms with Crippen molar-refractivity contribution >= 4 is 0 Å². The van der Waals surface area contributed by atoms with Gasteiger partial charge in [0.15, 0.2) is 0 Å². The van der Waals surface area contributed by atoms with E-state index in [1.807, 2.05) is 6.07 Å². The normalized spacial score (nSPS) is 14.8. The van der Waals surface area contributed by atoms with Crippen LogP contribution in [0.4, 0.5) is 0 Å². The Balaban J connectivity index is 1.70. The molecule has 0 amide bonds. The van der Waals surface area contributed by atoms with E-state index in [0.29, 0.717) is 0 Å². The van der Waals surface area contributed by atoms with Crippen LogP contribution >= 0.6 is 0 Å². The molecule has 0 unspecified atom stereocenters. The van der Waals surface area contributed by atoms with Crippen LogP contribution in [0.1, 0.15) is 18.4 Å². The first-order valence-corrected chi connectivity index (χ1v) is 6.21. The fourth-order valence-corrected chi connectivity index (χ4v) is 1.92. The zero-order valence-electron chi connectivity index (χ0n) is 9.82. The zero-order chi connectivity index (χ0) is 11.5. The molecule has 1 aliphatic rings. The Kier molecular flexibility index (Phi) is 2.93. The third-order valence-electron chi connectivity index (χ3n) is 3.14. The van der Waals surface area contributed by atoms with Crippen molar-refractivity contribution in [3.05, 3.63) is 60.2 Å². The van der Waals surface area contributed by atoms with Crippen LogP contribution < -0.4 is 5.32 Å². The Hall–Kier alpha value is -1.60. The fourth-order valence-electron chi connectivity index (χ4n) is 1.92. The third-order valence-corrected chi connectivity index (χ3v) is 3.14. The number of hydrogen-bond donors (Lipinski definition) is 1. The molecule has 1 radical (unpaired) electrons. The van der Waals surface area contributed by atoms with Gasteiger partial charge in [0.05, 0.1) is 0 Å². The highest BCUT2D eigenvalue weighted by Crippen LogP contribution is 2.21. The molecule has 1 heteroatoms. The molecule has 85 valence electrons. The largest absolute Gasteiger partial charge is 0.310 e. The zero-order valence-corrected chi connectivity index (χ0v) is 9.82. The van der Waals surface area contributed by atoms with Crippen LogP contribution in [0.15, 0.2) is 48.5 Å². The van der Waals surface area contributed by atoms with E-state index in [-0.39, 0.29) is 0 Å². The number of nitrogens with one attached hydrogen (secondary N) is 1. The van der Waals surface area contributed by atoms with Crippen molar-refractivity contribution in [1.29, 1.82) is 0 Å². The Bertz CT molecular complexity index is 469. The highest BCUT2D eigenvalue weighted by molar-refractivity contribution is 5.63. The summed E-state index contributed by atoms with van der Waals surface area (Å²) in [5, 5.41) is 3.50. The summed E-state index contributed by atoms with van der Waals surface area (Å²) in [6.45, 7) is 0.944. The minimum absolute atomic E-state index is 0.761. The molecule has 2 aromatic rings. The Morgan fingerprint density at radius 2 is 1.82 bits per heavy atom. The average Bonchev–Trinajstić information content (AvgIpc) is 3.22. The van der Waals surface area contributed by atoms with Crippen molar-refractivity contribution in [3.8, 4) is 11.1 Å². The van der Waals surface area contributed by atoms with E-state index in [9.17, 15) is 0 Å². The molecule has 0 bridgehead atoms. The minimum Gasteiger partial charge on any atom is -0.310 e. The second-order valence-corrected chi connectivity index (χ2v) is 4.62. The van der Waals surface area contributed by atoms with Crippen LogP contribution in [0, 0.1) is 6.07 Å². The van der Waals surface area contributed by atoms with Crippen LogP contribution in [0.5, 0.6) is 0 Å². The van der Waals surface area contributed by atoms with E-state index in [1.54, 1.807) is 0 Å². The molecule has 2 aromatic carbocycles. The maximum absolute atomic E-state index is 3.50. The van der Waals surface area contributed by atoms with E-state index in [1.165, 1.54) is 29.5 Å². The van der Waals surface area contributed by atoms with Crippen molar-refractivity contribution in [3.63, 3.8) is 0 Å². The van der Waals surface area contributed by atoms with Crippen molar-refractivity contribution in [2.24, 2.45) is 0 Å². The summed E-state index contributed by atoms with van der Waals surface area (Å²) in [6.07, 6.45) is 2.67. The van der Waals surface area contributed by atoms with Crippen LogP contribution in [0.2, 0.25) is 0 Å². The summed E-state index contributed by atoms with van der Waals surface area (Å²) in [5.74, 6) is 0. The van der Waals surface area contributed by atoms with Crippen LogP contribution in [0.3, 0.4) is 0 Å². The topological polar surface area (TPSA) is 12.0 Å². The van der Waals surface area contributed by atoms with E-state index < -0.39 is 0 Å². The van der Waals surface area contributed by atoms with Crippen molar-refractivity contribution in [2.75, 3.05) is 0 Å². The Morgan fingerprint density at radius 3 is 2.47 bits per heavy atom. The molecule has 0 aromatic heterocycles. The molecular weight excluding hydrogens is 206 g/mol. The molecule has 0 spiro atoms. The van der Waals surface area contributed by atoms with Gasteiger partial charge >= 0.3 is 0 Å². The standard InChI is InChI=1S/C16H16N/c1-2-4-14(5-3-1)15-8-6-13(7-9-15)12-17-16-10-11-16/h1-6,8-9,16-17H,10-12H2. The quantitative estimate of drug-likeness (QED) is 0.836. The van der Waals surface area contributed by atoms with Crippen LogP contribution in [-0.2, 0) is 6.54 Å². The summed E-state index contributed by atoms with van der Waals surface area (Å²) in [6, 6.07) is 21.0. The lowest BCUT2D eigenvalue weighted by Crippen LogP contribution is -2.15. The lowest BCUT2D eigenvalue weighted by atomic mass is 10.0. The fraction of sp³-hybridized carbons (Fsp3) is 0.250. The molecule has 0 saturated heterocycles. The summed E-state index contributed by atoms with van der Waals surface area (Å²) < 4.78 is 0. The summed E-state index contributed by atoms with van der Waals surface area (Å²) >= 11 is 0. The Labute approximate surface area is 102 Å². The second-order valence-electron chi connectivity index (χ2n) is 4.62. The molecule has 0 aliphatic heterocycles. The van der Waals surface area contributed by atoms with Gasteiger partial charge in [-0.3, -0.25) is 0 Å². The predicted molar refractivity (Wildman–Crippen MR) is 70.6 cm³/mol. The number of benzene rings is 2. The molecule has 0 atom stereocenters. The molecule has 0 heterocycles. The van der Waals surface area contributed by atoms with Gasteiger partial charge in [0.25, 0.3) is 0 Å². The maximum Gasteiger partial charge on any atom is 0.0214 e. The predicted octanol–water partition coefficient (Wildman–Crippen LogP) is 3.41. The second kappa shape index (κ2) is 4.72. The molecule has 1 saturated carbocycles. The number of rotatable bonds is 4. The first-order chi connectivity index (χ1) is 8.42. The maximum atomic E-state index is 3.50. The summed E-state index contributed by atoms with van der Waals surface area (Å²) in [4.78, 5) is 0. The molecular formula is C16H16N. The van der Waals surface area contributed by atoms with Crippen molar-refractivity contribution in [2.45, 2.75) is 25.4 Å². The summed E-state index contributed by atoms with van der Waals surface area (Å²) in [5.41, 5.74) is 3.74. The molecule has 1 N–H and O–H groups in total. The highest BCUT2D eigenvalue weighted by atomic mass is 14.9. The van der Waals surface area contributed by atoms with Gasteiger partial charge in [0.2, 0.25) is 0 Å². The SMILES string of the molecule is [c]1cc(-c2ccccc2)ccc1CNC1CC1. The van der Waals surface area contributed by atoms with Gasteiger partial charge in [0, 0.05) is 12.6 Å². The van der Waals surface area contributed by atoms with Crippen molar-refractivity contribution in [1.82, 2.24) is 5.32 Å². The van der Waals surface area contributed by atoms with Gasteiger partial charge in [-0.15, -0.1) is 0 Å². The van der Waals surface area contributed by atoms with Gasteiger partial charge in [-0.05, 0) is 41.7 Å². The van der Waals surface area contributed by atoms with Gasteiger partial charge in [-0.25, -0.2) is 0 Å². The molecule has 1 fully saturated rings. The van der Waals surface area contributed by atoms with E-state index >= 15 is 0 Å². The van der Waals surface area contributed by atoms with Gasteiger partial charge in [-0.1, -0.05) is 42.5 Å². The van der Waals surface area contributed by atoms with Crippen LogP contribution in [0.25, 0.3) is 11.1 Å². The lowest BCUT2D eigenvalue weighted by Gasteiger charge is -2.05. The number of hydrogen-bond acceptors (Lipinski definition) is 1. The van der Waals surface area contributed by atoms with E-state index in [4.69, 9.17) is 0 Å². The van der Waals surface area contributed by atoms with Gasteiger partial charge < -0.3 is 5.32 Å². The molecule has 1 nitrogen and oxygen atoms in total. The molecule has 1 aliphatic carbocycles. The lowest BCUT2D eigenvalue weighted by molar-refractivity contribution is 0.687. The van der Waals surface area contributed by atoms with E-state index in [2.05, 4.69) is 53.8 Å². The van der Waals surface area contributed by atoms with Crippen molar-refractivity contribution < 1.29 is 0 Å². The average molecular weight is 222 g/mol. The van der Waals surface area contributed by atoms with E-state index in [0.717, 1.165) is 12.6 Å². The first-order valence-electron chi connectivity index (χ1n) is 6.21. The Morgan fingerprint density at radius 1 is 1.00 bits per heavy atom. The highest BCUT2D eigenvalue weighted by Gasteiger charge is 2.19. The van der Waals surface area contributed by atoms with Crippen LogP contribution in [-0.4, -0.2) is 6.04 Å². The summed E-state index contributed by atoms with van der Waals surface area (Å²) in [7, 11) is 0. The minimum atomic E-state index is 0.761. The molecule has 17 heavy (non-hydrogen) atoms. The smallest absolute Gasteiger partial charge is 0.0214 e. The first kappa shape index (κ1) is 10.5. The van der Waals surface area contributed by atoms with Gasteiger partial charge in [0.1, 0.15) is 0 Å². The third kappa shape index (κ3) is 2.75.